The zero-order valence-corrected chi connectivity index (χ0v) is 18.4. The van der Waals surface area contributed by atoms with Crippen LogP contribution in [0.4, 0.5) is 5.69 Å². The van der Waals surface area contributed by atoms with E-state index in [9.17, 15) is 9.59 Å². The highest BCUT2D eigenvalue weighted by atomic mass is 16.5. The van der Waals surface area contributed by atoms with Crippen LogP contribution in [-0.4, -0.2) is 31.7 Å². The van der Waals surface area contributed by atoms with Crippen LogP contribution in [0.3, 0.4) is 0 Å². The van der Waals surface area contributed by atoms with Gasteiger partial charge in [-0.2, -0.15) is 5.10 Å². The number of carbonyl (C=O) groups excluding carboxylic acids is 2. The van der Waals surface area contributed by atoms with Crippen molar-refractivity contribution in [2.45, 2.75) is 46.0 Å². The summed E-state index contributed by atoms with van der Waals surface area (Å²) in [5, 5.41) is 6.75. The first-order valence-electron chi connectivity index (χ1n) is 10.6. The standard InChI is InChI=1S/C24H31N3O4/c1-4-6-9-15-31-24-19(12-10-14-21(24)30-3)17-25-27-23(29)16-22(28)26-20-13-8-7-11-18(20)5-2/h7-8,10-14,17H,4-6,9,15-16H2,1-3H3,(H,26,28)(H,27,29). The van der Waals surface area contributed by atoms with Crippen LogP contribution in [0.1, 0.15) is 50.7 Å². The number of methoxy groups -OCH3 is 1. The van der Waals surface area contributed by atoms with Crippen molar-refractivity contribution in [1.82, 2.24) is 5.43 Å². The maximum Gasteiger partial charge on any atom is 0.249 e. The van der Waals surface area contributed by atoms with Gasteiger partial charge in [0.15, 0.2) is 11.5 Å². The fourth-order valence-electron chi connectivity index (χ4n) is 2.98. The normalized spacial score (nSPS) is 10.7. The van der Waals surface area contributed by atoms with Crippen LogP contribution in [0.2, 0.25) is 0 Å². The number of para-hydroxylation sites is 2. The first kappa shape index (κ1) is 23.9. The molecular formula is C24H31N3O4. The van der Waals surface area contributed by atoms with Crippen LogP contribution in [0.15, 0.2) is 47.6 Å². The Bertz CT molecular complexity index is 896. The van der Waals surface area contributed by atoms with Gasteiger partial charge in [0.05, 0.1) is 19.9 Å². The molecule has 0 saturated heterocycles. The molecule has 0 saturated carbocycles. The molecule has 0 aliphatic rings. The minimum atomic E-state index is -0.504. The molecule has 31 heavy (non-hydrogen) atoms. The molecule has 0 atom stereocenters. The van der Waals surface area contributed by atoms with E-state index in [1.54, 1.807) is 7.11 Å². The third kappa shape index (κ3) is 7.77. The largest absolute Gasteiger partial charge is 0.493 e. The molecule has 0 fully saturated rings. The molecule has 0 bridgehead atoms. The quantitative estimate of drug-likeness (QED) is 0.230. The van der Waals surface area contributed by atoms with Crippen LogP contribution >= 0.6 is 0 Å². The van der Waals surface area contributed by atoms with E-state index in [0.29, 0.717) is 29.4 Å². The third-order valence-electron chi connectivity index (χ3n) is 4.61. The number of hydrazone groups is 1. The summed E-state index contributed by atoms with van der Waals surface area (Å²) in [5.41, 5.74) is 4.80. The Labute approximate surface area is 183 Å². The zero-order chi connectivity index (χ0) is 22.5. The monoisotopic (exact) mass is 425 g/mol. The van der Waals surface area contributed by atoms with Crippen molar-refractivity contribution >= 4 is 23.7 Å². The molecule has 0 aliphatic heterocycles. The van der Waals surface area contributed by atoms with Crippen molar-refractivity contribution in [3.05, 3.63) is 53.6 Å². The summed E-state index contributed by atoms with van der Waals surface area (Å²) >= 11 is 0. The van der Waals surface area contributed by atoms with Gasteiger partial charge in [-0.05, 0) is 36.6 Å². The third-order valence-corrected chi connectivity index (χ3v) is 4.61. The number of nitrogens with zero attached hydrogens (tertiary/aromatic N) is 1. The molecular weight excluding hydrogens is 394 g/mol. The topological polar surface area (TPSA) is 89.0 Å². The first-order chi connectivity index (χ1) is 15.1. The van der Waals surface area contributed by atoms with Crippen LogP contribution in [0.5, 0.6) is 11.5 Å². The van der Waals surface area contributed by atoms with Gasteiger partial charge in [0.1, 0.15) is 6.42 Å². The zero-order valence-electron chi connectivity index (χ0n) is 18.4. The Morgan fingerprint density at radius 2 is 1.84 bits per heavy atom. The molecule has 2 rings (SSSR count). The predicted molar refractivity (Wildman–Crippen MR) is 123 cm³/mol. The Hall–Kier alpha value is -3.35. The average molecular weight is 426 g/mol. The van der Waals surface area contributed by atoms with Gasteiger partial charge in [0, 0.05) is 11.3 Å². The molecule has 2 N–H and O–H groups in total. The van der Waals surface area contributed by atoms with Gasteiger partial charge < -0.3 is 14.8 Å². The maximum atomic E-state index is 12.2. The van der Waals surface area contributed by atoms with E-state index >= 15 is 0 Å². The van der Waals surface area contributed by atoms with E-state index in [1.807, 2.05) is 49.4 Å². The average Bonchev–Trinajstić information content (AvgIpc) is 2.77. The molecule has 0 heterocycles. The molecule has 7 nitrogen and oxygen atoms in total. The van der Waals surface area contributed by atoms with E-state index in [-0.39, 0.29) is 6.42 Å². The fourth-order valence-corrected chi connectivity index (χ4v) is 2.98. The van der Waals surface area contributed by atoms with Crippen molar-refractivity contribution in [3.63, 3.8) is 0 Å². The molecule has 0 unspecified atom stereocenters. The number of amides is 2. The lowest BCUT2D eigenvalue weighted by Gasteiger charge is -2.13. The van der Waals surface area contributed by atoms with Crippen LogP contribution in [0, 0.1) is 0 Å². The molecule has 2 amide bonds. The van der Waals surface area contributed by atoms with Gasteiger partial charge in [-0.3, -0.25) is 9.59 Å². The minimum Gasteiger partial charge on any atom is -0.493 e. The number of hydrogen-bond acceptors (Lipinski definition) is 5. The number of carbonyl (C=O) groups is 2. The van der Waals surface area contributed by atoms with Crippen LogP contribution in [0.25, 0.3) is 0 Å². The Morgan fingerprint density at radius 1 is 1.03 bits per heavy atom. The summed E-state index contributed by atoms with van der Waals surface area (Å²) in [6, 6.07) is 13.0. The molecule has 0 radical (unpaired) electrons. The van der Waals surface area contributed by atoms with Crippen molar-refractivity contribution in [1.29, 1.82) is 0 Å². The van der Waals surface area contributed by atoms with E-state index in [4.69, 9.17) is 9.47 Å². The summed E-state index contributed by atoms with van der Waals surface area (Å²) in [5.74, 6) is 0.278. The van der Waals surface area contributed by atoms with E-state index in [0.717, 1.165) is 31.2 Å². The summed E-state index contributed by atoms with van der Waals surface area (Å²) in [6.45, 7) is 4.71. The number of hydrogen-bond donors (Lipinski definition) is 2. The van der Waals surface area contributed by atoms with Crippen molar-refractivity contribution < 1.29 is 19.1 Å². The van der Waals surface area contributed by atoms with E-state index < -0.39 is 11.8 Å². The summed E-state index contributed by atoms with van der Waals surface area (Å²) < 4.78 is 11.3. The highest BCUT2D eigenvalue weighted by Gasteiger charge is 2.12. The molecule has 0 aromatic heterocycles. The highest BCUT2D eigenvalue weighted by Crippen LogP contribution is 2.30. The molecule has 2 aromatic rings. The maximum absolute atomic E-state index is 12.2. The lowest BCUT2D eigenvalue weighted by atomic mass is 10.1. The number of anilines is 1. The summed E-state index contributed by atoms with van der Waals surface area (Å²) in [4.78, 5) is 24.3. The number of unbranched alkanes of at least 4 members (excludes halogenated alkanes) is 2. The SMILES string of the molecule is CCCCCOc1c(C=NNC(=O)CC(=O)Nc2ccccc2CC)cccc1OC. The number of aryl methyl sites for hydroxylation is 1. The van der Waals surface area contributed by atoms with E-state index in [1.165, 1.54) is 6.21 Å². The lowest BCUT2D eigenvalue weighted by Crippen LogP contribution is -2.25. The summed E-state index contributed by atoms with van der Waals surface area (Å²) in [6.07, 6.45) is 5.08. The predicted octanol–water partition coefficient (Wildman–Crippen LogP) is 4.31. The molecule has 0 spiro atoms. The molecule has 166 valence electrons. The van der Waals surface area contributed by atoms with Gasteiger partial charge in [-0.1, -0.05) is 51.0 Å². The van der Waals surface area contributed by atoms with Gasteiger partial charge in [0.2, 0.25) is 11.8 Å². The lowest BCUT2D eigenvalue weighted by molar-refractivity contribution is -0.126. The fraction of sp³-hybridized carbons (Fsp3) is 0.375. The van der Waals surface area contributed by atoms with E-state index in [2.05, 4.69) is 22.8 Å². The van der Waals surface area contributed by atoms with Crippen molar-refractivity contribution in [2.75, 3.05) is 19.0 Å². The van der Waals surface area contributed by atoms with Crippen LogP contribution in [-0.2, 0) is 16.0 Å². The Kier molecular flexibility index (Phi) is 10.1. The van der Waals surface area contributed by atoms with Gasteiger partial charge in [-0.25, -0.2) is 5.43 Å². The smallest absolute Gasteiger partial charge is 0.249 e. The minimum absolute atomic E-state index is 0.326. The Morgan fingerprint density at radius 3 is 2.58 bits per heavy atom. The summed E-state index contributed by atoms with van der Waals surface area (Å²) in [7, 11) is 1.58. The van der Waals surface area contributed by atoms with Gasteiger partial charge in [-0.15, -0.1) is 0 Å². The van der Waals surface area contributed by atoms with Gasteiger partial charge >= 0.3 is 0 Å². The van der Waals surface area contributed by atoms with Crippen LogP contribution < -0.4 is 20.2 Å². The second-order valence-corrected chi connectivity index (χ2v) is 6.96. The second-order valence-electron chi connectivity index (χ2n) is 6.96. The van der Waals surface area contributed by atoms with Crippen molar-refractivity contribution in [3.8, 4) is 11.5 Å². The molecule has 7 heteroatoms. The number of ether oxygens (including phenoxy) is 2. The number of benzene rings is 2. The number of rotatable bonds is 12. The van der Waals surface area contributed by atoms with Gasteiger partial charge in [0.25, 0.3) is 0 Å². The molecule has 2 aromatic carbocycles. The van der Waals surface area contributed by atoms with Crippen molar-refractivity contribution in [2.24, 2.45) is 5.10 Å². The first-order valence-corrected chi connectivity index (χ1v) is 10.6. The highest BCUT2D eigenvalue weighted by molar-refractivity contribution is 6.04. The number of nitrogens with one attached hydrogen (secondary N) is 2. The Balaban J connectivity index is 1.93. The second kappa shape index (κ2) is 13.1. The molecule has 0 aliphatic carbocycles.